The lowest BCUT2D eigenvalue weighted by Gasteiger charge is -2.22. The van der Waals surface area contributed by atoms with E-state index >= 15 is 0 Å². The van der Waals surface area contributed by atoms with Crippen molar-refractivity contribution in [1.82, 2.24) is 4.81 Å². The lowest BCUT2D eigenvalue weighted by Crippen LogP contribution is -2.32. The minimum atomic E-state index is 0.240. The smallest absolute Gasteiger partial charge is 0.185 e. The van der Waals surface area contributed by atoms with Crippen LogP contribution >= 0.6 is 0 Å². The largest absolute Gasteiger partial charge is 0.508 e. The van der Waals surface area contributed by atoms with E-state index in [2.05, 4.69) is 38.1 Å². The monoisotopic (exact) mass is 308 g/mol. The molecule has 2 N–H and O–H groups in total. The highest BCUT2D eigenvalue weighted by Crippen LogP contribution is 2.29. The Morgan fingerprint density at radius 2 is 2.00 bits per heavy atom. The number of hydrogen-bond acceptors (Lipinski definition) is 4. The van der Waals surface area contributed by atoms with Crippen LogP contribution in [-0.4, -0.2) is 44.9 Å². The van der Waals surface area contributed by atoms with E-state index in [9.17, 15) is 5.11 Å². The summed E-state index contributed by atoms with van der Waals surface area (Å²) < 4.78 is 6.00. The van der Waals surface area contributed by atoms with E-state index in [4.69, 9.17) is 4.74 Å². The third kappa shape index (κ3) is 4.02. The fourth-order valence-electron chi connectivity index (χ4n) is 2.97. The number of phenols is 1. The van der Waals surface area contributed by atoms with Gasteiger partial charge in [0.05, 0.1) is 5.69 Å². The first kappa shape index (κ1) is 15.8. The van der Waals surface area contributed by atoms with Crippen LogP contribution in [0.4, 0.5) is 5.69 Å². The highest BCUT2D eigenvalue weighted by molar-refractivity contribution is 6.32. The molecule has 0 unspecified atom stereocenters. The molecule has 1 aliphatic heterocycles. The zero-order valence-corrected chi connectivity index (χ0v) is 13.7. The van der Waals surface area contributed by atoms with Crippen LogP contribution in [0, 0.1) is 0 Å². The second-order valence-electron chi connectivity index (χ2n) is 6.25. The summed E-state index contributed by atoms with van der Waals surface area (Å²) in [6.45, 7) is 2.10. The molecule has 0 aliphatic carbocycles. The minimum absolute atomic E-state index is 0.240. The van der Waals surface area contributed by atoms with Gasteiger partial charge in [0.1, 0.15) is 25.1 Å². The van der Waals surface area contributed by atoms with Crippen molar-refractivity contribution in [2.45, 2.75) is 18.9 Å². The highest BCUT2D eigenvalue weighted by atomic mass is 16.5. The highest BCUT2D eigenvalue weighted by Gasteiger charge is 2.20. The van der Waals surface area contributed by atoms with Crippen molar-refractivity contribution in [2.75, 3.05) is 18.4 Å². The van der Waals surface area contributed by atoms with Gasteiger partial charge < -0.3 is 20.0 Å². The van der Waals surface area contributed by atoms with E-state index in [0.29, 0.717) is 6.04 Å². The van der Waals surface area contributed by atoms with Gasteiger partial charge >= 0.3 is 0 Å². The lowest BCUT2D eigenvalue weighted by molar-refractivity contribution is 0.434. The maximum absolute atomic E-state index is 9.38. The van der Waals surface area contributed by atoms with E-state index in [0.717, 1.165) is 29.2 Å². The van der Waals surface area contributed by atoms with E-state index < -0.39 is 0 Å². The first-order chi connectivity index (χ1) is 11.1. The number of benzene rings is 2. The van der Waals surface area contributed by atoms with Crippen molar-refractivity contribution in [3.8, 4) is 17.2 Å². The second kappa shape index (κ2) is 7.00. The molecule has 2 aromatic rings. The number of aromatic hydroxyl groups is 1. The van der Waals surface area contributed by atoms with Crippen LogP contribution in [0.25, 0.3) is 0 Å². The molecule has 0 amide bonds. The van der Waals surface area contributed by atoms with Gasteiger partial charge in [0.2, 0.25) is 0 Å². The van der Waals surface area contributed by atoms with Gasteiger partial charge in [0.15, 0.2) is 7.98 Å². The summed E-state index contributed by atoms with van der Waals surface area (Å²) in [6.07, 6.45) is 2.51. The molecule has 0 radical (unpaired) electrons. The van der Waals surface area contributed by atoms with Crippen molar-refractivity contribution in [1.29, 1.82) is 0 Å². The summed E-state index contributed by atoms with van der Waals surface area (Å²) in [5.74, 6) is 1.77. The summed E-state index contributed by atoms with van der Waals surface area (Å²) in [7, 11) is 4.24. The molecule has 0 spiro atoms. The Morgan fingerprint density at radius 3 is 2.70 bits per heavy atom. The van der Waals surface area contributed by atoms with Gasteiger partial charge in [0, 0.05) is 12.6 Å². The van der Waals surface area contributed by atoms with Crippen molar-refractivity contribution >= 4 is 27.0 Å². The summed E-state index contributed by atoms with van der Waals surface area (Å²) in [5.41, 5.74) is 2.16. The average Bonchev–Trinajstić information content (AvgIpc) is 2.94. The van der Waals surface area contributed by atoms with Gasteiger partial charge in [-0.15, -0.1) is 0 Å². The summed E-state index contributed by atoms with van der Waals surface area (Å²) in [4.78, 5) is 2.40. The van der Waals surface area contributed by atoms with Crippen molar-refractivity contribution in [3.63, 3.8) is 0 Å². The molecule has 0 saturated carbocycles. The number of nitrogens with one attached hydrogen (secondary N) is 1. The Kier molecular flexibility index (Phi) is 4.82. The Hall–Kier alpha value is -2.07. The summed E-state index contributed by atoms with van der Waals surface area (Å²) in [5, 5.41) is 12.9. The lowest BCUT2D eigenvalue weighted by atomic mass is 9.96. The normalized spacial score (nSPS) is 18.0. The molecule has 1 atom stereocenters. The van der Waals surface area contributed by atoms with Crippen LogP contribution in [0.15, 0.2) is 42.5 Å². The fourth-order valence-corrected chi connectivity index (χ4v) is 2.97. The van der Waals surface area contributed by atoms with Crippen LogP contribution in [-0.2, 0) is 0 Å². The maximum atomic E-state index is 9.38. The number of phenolic OH excluding ortho intramolecular Hbond substituents is 1. The molecule has 4 nitrogen and oxygen atoms in total. The predicted molar refractivity (Wildman–Crippen MR) is 99.6 cm³/mol. The van der Waals surface area contributed by atoms with E-state index in [-0.39, 0.29) is 5.75 Å². The molecular formula is C17H22B2N2O2. The Bertz CT molecular complexity index is 664. The molecule has 3 rings (SSSR count). The number of hydrogen-bond donors (Lipinski definition) is 2. The van der Waals surface area contributed by atoms with Gasteiger partial charge in [-0.2, -0.15) is 0 Å². The fraction of sp³-hybridized carbons (Fsp3) is 0.294. The van der Waals surface area contributed by atoms with Gasteiger partial charge in [-0.3, -0.25) is 0 Å². The predicted octanol–water partition coefficient (Wildman–Crippen LogP) is 0.867. The summed E-state index contributed by atoms with van der Waals surface area (Å²) in [6, 6.07) is 13.6. The van der Waals surface area contributed by atoms with E-state index in [1.165, 1.54) is 19.4 Å². The molecule has 6 heteroatoms. The second-order valence-corrected chi connectivity index (χ2v) is 6.25. The third-order valence-corrected chi connectivity index (χ3v) is 4.40. The molecule has 23 heavy (non-hydrogen) atoms. The molecule has 1 fully saturated rings. The molecule has 2 aromatic carbocycles. The molecule has 118 valence electrons. The van der Waals surface area contributed by atoms with Crippen LogP contribution in [0.1, 0.15) is 12.8 Å². The standard InChI is InChI=1S/C17H22B2N2O2/c18-12-3-8-16(20-11-13-2-1-9-21(13)19)17(10-12)23-15-6-4-14(22)5-7-15/h3-8,10,13,20,22H,1-2,9,11,18-19H2/t13-/m0/s1. The Balaban J connectivity index is 1.73. The van der Waals surface area contributed by atoms with E-state index in [1.807, 2.05) is 6.07 Å². The number of nitrogens with zero attached hydrogens (tertiary/aromatic N) is 1. The van der Waals surface area contributed by atoms with Crippen LogP contribution in [0.3, 0.4) is 0 Å². The first-order valence-electron chi connectivity index (χ1n) is 8.13. The van der Waals surface area contributed by atoms with Crippen LogP contribution in [0.2, 0.25) is 0 Å². The average molecular weight is 308 g/mol. The molecule has 0 bridgehead atoms. The molecule has 1 aliphatic rings. The van der Waals surface area contributed by atoms with Gasteiger partial charge in [-0.1, -0.05) is 11.5 Å². The van der Waals surface area contributed by atoms with Crippen molar-refractivity contribution in [3.05, 3.63) is 42.5 Å². The Morgan fingerprint density at radius 1 is 1.22 bits per heavy atom. The summed E-state index contributed by atoms with van der Waals surface area (Å²) >= 11 is 0. The SMILES string of the molecule is Bc1ccc(NC[C@@H]2CCCN2B)c(Oc2ccc(O)cc2)c1. The maximum Gasteiger partial charge on any atom is 0.185 e. The van der Waals surface area contributed by atoms with Crippen molar-refractivity contribution in [2.24, 2.45) is 0 Å². The molecular weight excluding hydrogens is 286 g/mol. The number of rotatable bonds is 5. The van der Waals surface area contributed by atoms with Gasteiger partial charge in [-0.25, -0.2) is 0 Å². The molecule has 1 saturated heterocycles. The van der Waals surface area contributed by atoms with Crippen molar-refractivity contribution < 1.29 is 9.84 Å². The van der Waals surface area contributed by atoms with Crippen LogP contribution < -0.4 is 15.5 Å². The zero-order chi connectivity index (χ0) is 16.2. The number of anilines is 1. The van der Waals surface area contributed by atoms with Gasteiger partial charge in [-0.05, 0) is 55.8 Å². The third-order valence-electron chi connectivity index (χ3n) is 4.40. The zero-order valence-electron chi connectivity index (χ0n) is 13.7. The molecule has 1 heterocycles. The first-order valence-corrected chi connectivity index (χ1v) is 8.13. The quantitative estimate of drug-likeness (QED) is 0.805. The Labute approximate surface area is 139 Å². The van der Waals surface area contributed by atoms with Gasteiger partial charge in [0.25, 0.3) is 0 Å². The molecule has 0 aromatic heterocycles. The minimum Gasteiger partial charge on any atom is -0.508 e. The van der Waals surface area contributed by atoms with E-state index in [1.54, 1.807) is 24.3 Å². The van der Waals surface area contributed by atoms with Crippen LogP contribution in [0.5, 0.6) is 17.2 Å². The topological polar surface area (TPSA) is 44.7 Å². The number of ether oxygens (including phenoxy) is 1.